The van der Waals surface area contributed by atoms with Crippen LogP contribution in [0.15, 0.2) is 54.2 Å². The highest BCUT2D eigenvalue weighted by atomic mass is 16.7. The van der Waals surface area contributed by atoms with Crippen molar-refractivity contribution in [3.05, 3.63) is 65.4 Å². The largest absolute Gasteiger partial charge is 0.454 e. The SMILES string of the molecule is CCC(C)NC(=O)C(=Cc1ccc2c(c1)OCO2)NC(=O)c1ccccc1. The second-order valence-corrected chi connectivity index (χ2v) is 6.27. The Kier molecular flexibility index (Phi) is 5.76. The first-order valence-corrected chi connectivity index (χ1v) is 8.85. The second-order valence-electron chi connectivity index (χ2n) is 6.27. The minimum Gasteiger partial charge on any atom is -0.454 e. The monoisotopic (exact) mass is 366 g/mol. The predicted octanol–water partition coefficient (Wildman–Crippen LogP) is 3.10. The Labute approximate surface area is 158 Å². The van der Waals surface area contributed by atoms with Gasteiger partial charge in [-0.15, -0.1) is 0 Å². The summed E-state index contributed by atoms with van der Waals surface area (Å²) in [4.78, 5) is 25.2. The van der Waals surface area contributed by atoms with Crippen LogP contribution in [0.3, 0.4) is 0 Å². The van der Waals surface area contributed by atoms with Crippen LogP contribution >= 0.6 is 0 Å². The van der Waals surface area contributed by atoms with Gasteiger partial charge in [-0.3, -0.25) is 9.59 Å². The Morgan fingerprint density at radius 3 is 2.59 bits per heavy atom. The lowest BCUT2D eigenvalue weighted by Crippen LogP contribution is -2.38. The average Bonchev–Trinajstić information content (AvgIpc) is 3.15. The fraction of sp³-hybridized carbons (Fsp3) is 0.238. The van der Waals surface area contributed by atoms with E-state index in [1.807, 2.05) is 19.9 Å². The van der Waals surface area contributed by atoms with Gasteiger partial charge in [0.2, 0.25) is 6.79 Å². The Morgan fingerprint density at radius 2 is 1.85 bits per heavy atom. The summed E-state index contributed by atoms with van der Waals surface area (Å²) in [5, 5.41) is 5.60. The molecule has 0 bridgehead atoms. The predicted molar refractivity (Wildman–Crippen MR) is 102 cm³/mol. The zero-order chi connectivity index (χ0) is 19.2. The van der Waals surface area contributed by atoms with Gasteiger partial charge in [-0.25, -0.2) is 0 Å². The summed E-state index contributed by atoms with van der Waals surface area (Å²) in [7, 11) is 0. The van der Waals surface area contributed by atoms with Gasteiger partial charge in [0.05, 0.1) is 0 Å². The minimum absolute atomic E-state index is 0.00807. The summed E-state index contributed by atoms with van der Waals surface area (Å²) in [5.74, 6) is 0.582. The van der Waals surface area contributed by atoms with E-state index in [-0.39, 0.29) is 30.3 Å². The third kappa shape index (κ3) is 4.67. The van der Waals surface area contributed by atoms with Gasteiger partial charge in [-0.1, -0.05) is 31.2 Å². The summed E-state index contributed by atoms with van der Waals surface area (Å²) in [6, 6.07) is 14.1. The average molecular weight is 366 g/mol. The molecule has 1 aliphatic heterocycles. The molecular formula is C21H22N2O4. The summed E-state index contributed by atoms with van der Waals surface area (Å²) in [6.45, 7) is 4.07. The third-order valence-corrected chi connectivity index (χ3v) is 4.23. The highest BCUT2D eigenvalue weighted by molar-refractivity contribution is 6.05. The summed E-state index contributed by atoms with van der Waals surface area (Å²) in [6.07, 6.45) is 2.41. The smallest absolute Gasteiger partial charge is 0.268 e. The van der Waals surface area contributed by atoms with Gasteiger partial charge in [-0.05, 0) is 49.2 Å². The Hall–Kier alpha value is -3.28. The van der Waals surface area contributed by atoms with E-state index >= 15 is 0 Å². The Morgan fingerprint density at radius 1 is 1.11 bits per heavy atom. The van der Waals surface area contributed by atoms with Crippen molar-refractivity contribution in [3.63, 3.8) is 0 Å². The van der Waals surface area contributed by atoms with Crippen LogP contribution in [-0.4, -0.2) is 24.6 Å². The fourth-order valence-electron chi connectivity index (χ4n) is 2.52. The maximum absolute atomic E-state index is 12.7. The fourth-order valence-corrected chi connectivity index (χ4v) is 2.52. The molecular weight excluding hydrogens is 344 g/mol. The molecule has 0 aromatic heterocycles. The molecule has 0 aliphatic carbocycles. The van der Waals surface area contributed by atoms with Crippen LogP contribution in [0.25, 0.3) is 6.08 Å². The molecule has 0 radical (unpaired) electrons. The molecule has 2 amide bonds. The molecule has 0 spiro atoms. The maximum atomic E-state index is 12.7. The van der Waals surface area contributed by atoms with Gasteiger partial charge < -0.3 is 20.1 Å². The lowest BCUT2D eigenvalue weighted by atomic mass is 10.1. The Balaban J connectivity index is 1.87. The molecule has 140 valence electrons. The number of hydrogen-bond donors (Lipinski definition) is 2. The molecule has 6 heteroatoms. The number of ether oxygens (including phenoxy) is 2. The lowest BCUT2D eigenvalue weighted by molar-refractivity contribution is -0.118. The van der Waals surface area contributed by atoms with E-state index in [2.05, 4.69) is 10.6 Å². The molecule has 2 aromatic carbocycles. The Bertz CT molecular complexity index is 862. The van der Waals surface area contributed by atoms with E-state index in [9.17, 15) is 9.59 Å². The van der Waals surface area contributed by atoms with E-state index in [0.29, 0.717) is 17.1 Å². The zero-order valence-electron chi connectivity index (χ0n) is 15.3. The van der Waals surface area contributed by atoms with Crippen LogP contribution in [0.1, 0.15) is 36.2 Å². The number of carbonyl (C=O) groups is 2. The number of rotatable bonds is 6. The number of amides is 2. The molecule has 6 nitrogen and oxygen atoms in total. The third-order valence-electron chi connectivity index (χ3n) is 4.23. The second kappa shape index (κ2) is 8.40. The van der Waals surface area contributed by atoms with Crippen molar-refractivity contribution < 1.29 is 19.1 Å². The topological polar surface area (TPSA) is 76.7 Å². The standard InChI is InChI=1S/C21H22N2O4/c1-3-14(2)22-21(25)17(23-20(24)16-7-5-4-6-8-16)11-15-9-10-18-19(12-15)27-13-26-18/h4-12,14H,3,13H2,1-2H3,(H,22,25)(H,23,24). The van der Waals surface area contributed by atoms with Gasteiger partial charge in [0.1, 0.15) is 5.70 Å². The number of benzene rings is 2. The van der Waals surface area contributed by atoms with Gasteiger partial charge >= 0.3 is 0 Å². The van der Waals surface area contributed by atoms with Gasteiger partial charge in [-0.2, -0.15) is 0 Å². The van der Waals surface area contributed by atoms with E-state index < -0.39 is 0 Å². The molecule has 1 atom stereocenters. The van der Waals surface area contributed by atoms with Crippen molar-refractivity contribution in [2.75, 3.05) is 6.79 Å². The van der Waals surface area contributed by atoms with Crippen molar-refractivity contribution >= 4 is 17.9 Å². The molecule has 27 heavy (non-hydrogen) atoms. The normalized spacial score (nSPS) is 13.8. The first-order valence-electron chi connectivity index (χ1n) is 8.85. The molecule has 3 rings (SSSR count). The van der Waals surface area contributed by atoms with Crippen LogP contribution in [0.4, 0.5) is 0 Å². The molecule has 2 aromatic rings. The van der Waals surface area contributed by atoms with Gasteiger partial charge in [0, 0.05) is 11.6 Å². The number of carbonyl (C=O) groups excluding carboxylic acids is 2. The molecule has 0 saturated heterocycles. The lowest BCUT2D eigenvalue weighted by Gasteiger charge is -2.15. The van der Waals surface area contributed by atoms with E-state index in [1.54, 1.807) is 48.5 Å². The minimum atomic E-state index is -0.345. The van der Waals surface area contributed by atoms with Crippen LogP contribution in [0, 0.1) is 0 Å². The molecule has 0 saturated carbocycles. The number of hydrogen-bond acceptors (Lipinski definition) is 4. The van der Waals surface area contributed by atoms with Crippen LogP contribution in [0.2, 0.25) is 0 Å². The number of nitrogens with one attached hydrogen (secondary N) is 2. The quantitative estimate of drug-likeness (QED) is 0.770. The van der Waals surface area contributed by atoms with Crippen molar-refractivity contribution in [2.45, 2.75) is 26.3 Å². The summed E-state index contributed by atoms with van der Waals surface area (Å²) < 4.78 is 10.7. The highest BCUT2D eigenvalue weighted by Crippen LogP contribution is 2.33. The molecule has 1 unspecified atom stereocenters. The van der Waals surface area contributed by atoms with Crippen molar-refractivity contribution in [1.29, 1.82) is 0 Å². The summed E-state index contributed by atoms with van der Waals surface area (Å²) in [5.41, 5.74) is 1.37. The van der Waals surface area contributed by atoms with Gasteiger partial charge in [0.25, 0.3) is 11.8 Å². The van der Waals surface area contributed by atoms with Crippen molar-refractivity contribution in [3.8, 4) is 11.5 Å². The molecule has 1 heterocycles. The van der Waals surface area contributed by atoms with Crippen LogP contribution < -0.4 is 20.1 Å². The van der Waals surface area contributed by atoms with E-state index in [0.717, 1.165) is 12.0 Å². The van der Waals surface area contributed by atoms with Crippen LogP contribution in [-0.2, 0) is 4.79 Å². The summed E-state index contributed by atoms with van der Waals surface area (Å²) >= 11 is 0. The van der Waals surface area contributed by atoms with Gasteiger partial charge in [0.15, 0.2) is 11.5 Å². The zero-order valence-corrected chi connectivity index (χ0v) is 15.3. The van der Waals surface area contributed by atoms with Crippen LogP contribution in [0.5, 0.6) is 11.5 Å². The maximum Gasteiger partial charge on any atom is 0.268 e. The highest BCUT2D eigenvalue weighted by Gasteiger charge is 2.17. The van der Waals surface area contributed by atoms with Crippen molar-refractivity contribution in [1.82, 2.24) is 10.6 Å². The molecule has 1 aliphatic rings. The molecule has 2 N–H and O–H groups in total. The molecule has 0 fully saturated rings. The number of fused-ring (bicyclic) bond motifs is 1. The first-order chi connectivity index (χ1) is 13.1. The van der Waals surface area contributed by atoms with Crippen molar-refractivity contribution in [2.24, 2.45) is 0 Å². The van der Waals surface area contributed by atoms with E-state index in [4.69, 9.17) is 9.47 Å². The first kappa shape index (κ1) is 18.5. The van der Waals surface area contributed by atoms with E-state index in [1.165, 1.54) is 0 Å².